The minimum absolute atomic E-state index is 0.255. The van der Waals surface area contributed by atoms with Crippen molar-refractivity contribution >= 4 is 22.8 Å². The van der Waals surface area contributed by atoms with Crippen molar-refractivity contribution in [2.45, 2.75) is 12.8 Å². The van der Waals surface area contributed by atoms with Gasteiger partial charge in [-0.3, -0.25) is 0 Å². The topological polar surface area (TPSA) is 50.8 Å². The number of nitrogens with one attached hydrogen (secondary N) is 1. The predicted molar refractivity (Wildman–Crippen MR) is 74.8 cm³/mol. The average Bonchev–Trinajstić information content (AvgIpc) is 2.80. The lowest BCUT2D eigenvalue weighted by molar-refractivity contribution is -0.274. The van der Waals surface area contributed by atoms with Gasteiger partial charge in [-0.1, -0.05) is 23.7 Å². The monoisotopic (exact) mass is 327 g/mol. The fourth-order valence-corrected chi connectivity index (χ4v) is 2.17. The molecule has 2 aromatic heterocycles. The van der Waals surface area contributed by atoms with Crippen LogP contribution in [0.2, 0.25) is 5.02 Å². The highest BCUT2D eigenvalue weighted by Crippen LogP contribution is 2.23. The summed E-state index contributed by atoms with van der Waals surface area (Å²) >= 11 is 5.84. The number of benzene rings is 1. The van der Waals surface area contributed by atoms with Gasteiger partial charge in [0.25, 0.3) is 0 Å². The SMILES string of the molecule is FC(F)(F)Oc1ccc(Cc2nc3ncc(Cl)cc3[nH]2)cc1. The molecular formula is C14H9ClF3N3O. The number of aromatic nitrogens is 3. The molecule has 4 nitrogen and oxygen atoms in total. The van der Waals surface area contributed by atoms with Crippen molar-refractivity contribution in [2.75, 3.05) is 0 Å². The number of nitrogens with zero attached hydrogens (tertiary/aromatic N) is 2. The van der Waals surface area contributed by atoms with Crippen molar-refractivity contribution in [3.8, 4) is 5.75 Å². The van der Waals surface area contributed by atoms with Crippen LogP contribution in [0.25, 0.3) is 11.2 Å². The Morgan fingerprint density at radius 2 is 1.91 bits per heavy atom. The summed E-state index contributed by atoms with van der Waals surface area (Å²) < 4.78 is 40.1. The molecule has 0 aliphatic rings. The van der Waals surface area contributed by atoms with Gasteiger partial charge in [0, 0.05) is 12.6 Å². The molecule has 0 fully saturated rings. The molecule has 0 aliphatic heterocycles. The molecule has 1 N–H and O–H groups in total. The smallest absolute Gasteiger partial charge is 0.406 e. The van der Waals surface area contributed by atoms with Crippen LogP contribution in [-0.4, -0.2) is 21.3 Å². The minimum atomic E-state index is -4.69. The van der Waals surface area contributed by atoms with Crippen molar-refractivity contribution in [1.29, 1.82) is 0 Å². The molecule has 22 heavy (non-hydrogen) atoms. The molecule has 3 rings (SSSR count). The highest BCUT2D eigenvalue weighted by atomic mass is 35.5. The third-order valence-electron chi connectivity index (χ3n) is 2.88. The van der Waals surface area contributed by atoms with E-state index in [1.54, 1.807) is 18.2 Å². The number of alkyl halides is 3. The van der Waals surface area contributed by atoms with Crippen LogP contribution in [0, 0.1) is 0 Å². The Labute approximate surface area is 127 Å². The summed E-state index contributed by atoms with van der Waals surface area (Å²) in [5.74, 6) is 0.392. The van der Waals surface area contributed by atoms with Crippen LogP contribution in [-0.2, 0) is 6.42 Å². The van der Waals surface area contributed by atoms with Crippen LogP contribution in [0.4, 0.5) is 13.2 Å². The number of H-pyrrole nitrogens is 1. The quantitative estimate of drug-likeness (QED) is 0.788. The molecule has 0 saturated heterocycles. The summed E-state index contributed by atoms with van der Waals surface area (Å²) in [7, 11) is 0. The van der Waals surface area contributed by atoms with Crippen molar-refractivity contribution in [3.05, 3.63) is 52.9 Å². The second-order valence-corrected chi connectivity index (χ2v) is 5.01. The van der Waals surface area contributed by atoms with Crippen LogP contribution in [0.1, 0.15) is 11.4 Å². The van der Waals surface area contributed by atoms with Gasteiger partial charge in [0.05, 0.1) is 10.5 Å². The van der Waals surface area contributed by atoms with E-state index in [1.807, 2.05) is 0 Å². The van der Waals surface area contributed by atoms with Gasteiger partial charge in [-0.05, 0) is 23.8 Å². The summed E-state index contributed by atoms with van der Waals surface area (Å²) in [5.41, 5.74) is 2.04. The van der Waals surface area contributed by atoms with Gasteiger partial charge >= 0.3 is 6.36 Å². The highest BCUT2D eigenvalue weighted by molar-refractivity contribution is 6.31. The number of fused-ring (bicyclic) bond motifs is 1. The zero-order chi connectivity index (χ0) is 15.7. The number of ether oxygens (including phenoxy) is 1. The summed E-state index contributed by atoms with van der Waals surface area (Å²) in [4.78, 5) is 11.4. The Bertz CT molecular complexity index is 799. The Balaban J connectivity index is 1.77. The fourth-order valence-electron chi connectivity index (χ4n) is 2.01. The number of rotatable bonds is 3. The first-order chi connectivity index (χ1) is 10.4. The molecule has 0 unspecified atom stereocenters. The molecule has 0 spiro atoms. The number of halogens is 4. The molecular weight excluding hydrogens is 319 g/mol. The van der Waals surface area contributed by atoms with E-state index in [1.165, 1.54) is 18.3 Å². The van der Waals surface area contributed by atoms with Gasteiger partial charge in [0.15, 0.2) is 5.65 Å². The average molecular weight is 328 g/mol. The van der Waals surface area contributed by atoms with E-state index >= 15 is 0 Å². The first-order valence-electron chi connectivity index (χ1n) is 6.24. The molecule has 3 aromatic rings. The van der Waals surface area contributed by atoms with E-state index in [4.69, 9.17) is 11.6 Å². The molecule has 0 radical (unpaired) electrons. The summed E-state index contributed by atoms with van der Waals surface area (Å²) in [6.07, 6.45) is -2.76. The van der Waals surface area contributed by atoms with E-state index < -0.39 is 6.36 Å². The van der Waals surface area contributed by atoms with Crippen molar-refractivity contribution in [2.24, 2.45) is 0 Å². The Hall–Kier alpha value is -2.28. The Kier molecular flexibility index (Phi) is 3.66. The molecule has 0 saturated carbocycles. The van der Waals surface area contributed by atoms with Crippen molar-refractivity contribution < 1.29 is 17.9 Å². The van der Waals surface area contributed by atoms with Gasteiger partial charge in [-0.2, -0.15) is 0 Å². The molecule has 1 aromatic carbocycles. The summed E-state index contributed by atoms with van der Waals surface area (Å²) in [5, 5.41) is 0.497. The van der Waals surface area contributed by atoms with E-state index in [9.17, 15) is 13.2 Å². The summed E-state index contributed by atoms with van der Waals surface area (Å²) in [6, 6.07) is 7.34. The zero-order valence-corrected chi connectivity index (χ0v) is 11.7. The molecule has 114 valence electrons. The van der Waals surface area contributed by atoms with E-state index in [-0.39, 0.29) is 5.75 Å². The second-order valence-electron chi connectivity index (χ2n) is 4.58. The van der Waals surface area contributed by atoms with E-state index in [2.05, 4.69) is 19.7 Å². The molecule has 8 heteroatoms. The molecule has 2 heterocycles. The largest absolute Gasteiger partial charge is 0.573 e. The molecule has 0 bridgehead atoms. The number of hydrogen-bond donors (Lipinski definition) is 1. The lowest BCUT2D eigenvalue weighted by Gasteiger charge is -2.08. The first-order valence-corrected chi connectivity index (χ1v) is 6.62. The maximum Gasteiger partial charge on any atom is 0.573 e. The van der Waals surface area contributed by atoms with Crippen molar-refractivity contribution in [3.63, 3.8) is 0 Å². The maximum atomic E-state index is 12.1. The maximum absolute atomic E-state index is 12.1. The molecule has 0 atom stereocenters. The second kappa shape index (κ2) is 5.49. The standard InChI is InChI=1S/C14H9ClF3N3O/c15-9-6-11-13(19-7-9)21-12(20-11)5-8-1-3-10(4-2-8)22-14(16,17)18/h1-4,6-7H,5H2,(H,19,20,21). The van der Waals surface area contributed by atoms with Gasteiger partial charge in [-0.15, -0.1) is 13.2 Å². The van der Waals surface area contributed by atoms with Crippen LogP contribution < -0.4 is 4.74 Å². The third-order valence-corrected chi connectivity index (χ3v) is 3.09. The van der Waals surface area contributed by atoms with Crippen molar-refractivity contribution in [1.82, 2.24) is 15.0 Å². The Morgan fingerprint density at radius 3 is 2.59 bits per heavy atom. The van der Waals surface area contributed by atoms with Gasteiger partial charge < -0.3 is 9.72 Å². The normalized spacial score (nSPS) is 11.8. The zero-order valence-electron chi connectivity index (χ0n) is 11.0. The molecule has 0 amide bonds. The lowest BCUT2D eigenvalue weighted by Crippen LogP contribution is -2.17. The van der Waals surface area contributed by atoms with E-state index in [0.717, 1.165) is 5.56 Å². The predicted octanol–water partition coefficient (Wildman–Crippen LogP) is 4.10. The molecule has 0 aliphatic carbocycles. The number of imidazole rings is 1. The third kappa shape index (κ3) is 3.48. The number of pyridine rings is 1. The van der Waals surface area contributed by atoms with Gasteiger partial charge in [0.1, 0.15) is 11.6 Å². The first kappa shape index (κ1) is 14.6. The van der Waals surface area contributed by atoms with Gasteiger partial charge in [-0.25, -0.2) is 9.97 Å². The Morgan fingerprint density at radius 1 is 1.18 bits per heavy atom. The number of hydrogen-bond acceptors (Lipinski definition) is 3. The van der Waals surface area contributed by atoms with Gasteiger partial charge in [0.2, 0.25) is 0 Å². The lowest BCUT2D eigenvalue weighted by atomic mass is 10.1. The van der Waals surface area contributed by atoms with Crippen LogP contribution >= 0.6 is 11.6 Å². The van der Waals surface area contributed by atoms with Crippen LogP contribution in [0.5, 0.6) is 5.75 Å². The highest BCUT2D eigenvalue weighted by Gasteiger charge is 2.30. The number of aromatic amines is 1. The van der Waals surface area contributed by atoms with Crippen LogP contribution in [0.15, 0.2) is 36.5 Å². The van der Waals surface area contributed by atoms with E-state index in [0.29, 0.717) is 28.4 Å². The summed E-state index contributed by atoms with van der Waals surface area (Å²) in [6.45, 7) is 0. The minimum Gasteiger partial charge on any atom is -0.406 e. The van der Waals surface area contributed by atoms with Crippen LogP contribution in [0.3, 0.4) is 0 Å². The fraction of sp³-hybridized carbons (Fsp3) is 0.143.